The zero-order valence-corrected chi connectivity index (χ0v) is 10.4. The molecule has 94 valence electrons. The van der Waals surface area contributed by atoms with Crippen molar-refractivity contribution in [1.29, 1.82) is 0 Å². The summed E-state index contributed by atoms with van der Waals surface area (Å²) < 4.78 is 15.4. The summed E-state index contributed by atoms with van der Waals surface area (Å²) in [6.45, 7) is 4.20. The van der Waals surface area contributed by atoms with Crippen LogP contribution in [0.5, 0.6) is 0 Å². The lowest BCUT2D eigenvalue weighted by Crippen LogP contribution is -2.13. The Labute approximate surface area is 104 Å². The van der Waals surface area contributed by atoms with Crippen LogP contribution in [0, 0.1) is 12.7 Å². The molecule has 5 heteroatoms. The van der Waals surface area contributed by atoms with E-state index in [1.807, 2.05) is 6.92 Å². The molecule has 2 aromatic rings. The van der Waals surface area contributed by atoms with Gasteiger partial charge in [-0.2, -0.15) is 0 Å². The van der Waals surface area contributed by atoms with Crippen LogP contribution in [0.3, 0.4) is 0 Å². The highest BCUT2D eigenvalue weighted by molar-refractivity contribution is 6.07. The van der Waals surface area contributed by atoms with E-state index in [-0.39, 0.29) is 11.3 Å². The predicted octanol–water partition coefficient (Wildman–Crippen LogP) is 2.37. The number of carbonyl (C=O) groups is 1. The molecule has 0 unspecified atom stereocenters. The van der Waals surface area contributed by atoms with E-state index in [0.717, 1.165) is 6.42 Å². The van der Waals surface area contributed by atoms with Crippen molar-refractivity contribution in [2.45, 2.75) is 26.8 Å². The Kier molecular flexibility index (Phi) is 3.50. The third-order valence-electron chi connectivity index (χ3n) is 2.72. The molecule has 0 spiro atoms. The molecule has 0 saturated heterocycles. The number of nitrogens with zero attached hydrogens (tertiary/aromatic N) is 3. The molecule has 0 aliphatic heterocycles. The van der Waals surface area contributed by atoms with E-state index in [2.05, 4.69) is 10.3 Å². The molecule has 0 fully saturated rings. The number of ketones is 1. The third-order valence-corrected chi connectivity index (χ3v) is 2.72. The summed E-state index contributed by atoms with van der Waals surface area (Å²) in [6, 6.07) is 4.78. The van der Waals surface area contributed by atoms with Crippen molar-refractivity contribution in [3.63, 3.8) is 0 Å². The van der Waals surface area contributed by atoms with Gasteiger partial charge in [-0.15, -0.1) is 5.10 Å². The Hall–Kier alpha value is -2.04. The average molecular weight is 247 g/mol. The van der Waals surface area contributed by atoms with Gasteiger partial charge in [0.15, 0.2) is 0 Å². The van der Waals surface area contributed by atoms with Crippen LogP contribution >= 0.6 is 0 Å². The minimum Gasteiger partial charge on any atom is -0.287 e. The molecule has 0 bridgehead atoms. The Balaban J connectivity index is 2.42. The van der Waals surface area contributed by atoms with E-state index < -0.39 is 5.82 Å². The molecule has 0 radical (unpaired) electrons. The number of benzene rings is 1. The first-order chi connectivity index (χ1) is 8.65. The summed E-state index contributed by atoms with van der Waals surface area (Å²) in [7, 11) is 0. The SMILES string of the molecule is CCCn1nncc1C(=O)c1cccc(C)c1F. The zero-order valence-electron chi connectivity index (χ0n) is 10.4. The number of hydrogen-bond donors (Lipinski definition) is 0. The molecule has 4 nitrogen and oxygen atoms in total. The predicted molar refractivity (Wildman–Crippen MR) is 64.9 cm³/mol. The van der Waals surface area contributed by atoms with E-state index in [1.165, 1.54) is 16.9 Å². The Morgan fingerprint density at radius 3 is 2.94 bits per heavy atom. The first kappa shape index (κ1) is 12.4. The van der Waals surface area contributed by atoms with Crippen molar-refractivity contribution >= 4 is 5.78 Å². The van der Waals surface area contributed by atoms with Gasteiger partial charge >= 0.3 is 0 Å². The second-order valence-electron chi connectivity index (χ2n) is 4.11. The topological polar surface area (TPSA) is 47.8 Å². The molecule has 0 amide bonds. The lowest BCUT2D eigenvalue weighted by atomic mass is 10.0. The van der Waals surface area contributed by atoms with Crippen molar-refractivity contribution in [3.05, 3.63) is 47.0 Å². The van der Waals surface area contributed by atoms with Gasteiger partial charge < -0.3 is 0 Å². The van der Waals surface area contributed by atoms with E-state index >= 15 is 0 Å². The Bertz CT molecular complexity index is 577. The van der Waals surface area contributed by atoms with Gasteiger partial charge in [-0.05, 0) is 25.0 Å². The van der Waals surface area contributed by atoms with Gasteiger partial charge in [0.25, 0.3) is 0 Å². The van der Waals surface area contributed by atoms with Crippen LogP contribution in [0.15, 0.2) is 24.4 Å². The Morgan fingerprint density at radius 2 is 2.22 bits per heavy atom. The fraction of sp³-hybridized carbons (Fsp3) is 0.308. The monoisotopic (exact) mass is 247 g/mol. The molecular formula is C13H14FN3O. The van der Waals surface area contributed by atoms with Crippen LogP contribution in [-0.4, -0.2) is 20.8 Å². The van der Waals surface area contributed by atoms with E-state index in [1.54, 1.807) is 19.1 Å². The second-order valence-corrected chi connectivity index (χ2v) is 4.11. The molecule has 2 rings (SSSR count). The minimum atomic E-state index is -0.480. The number of carbonyl (C=O) groups excluding carboxylic acids is 1. The van der Waals surface area contributed by atoms with Gasteiger partial charge in [-0.25, -0.2) is 9.07 Å². The van der Waals surface area contributed by atoms with Crippen molar-refractivity contribution in [1.82, 2.24) is 15.0 Å². The lowest BCUT2D eigenvalue weighted by Gasteiger charge is -2.06. The van der Waals surface area contributed by atoms with Crippen molar-refractivity contribution < 1.29 is 9.18 Å². The number of halogens is 1. The maximum absolute atomic E-state index is 13.9. The molecule has 1 aromatic heterocycles. The van der Waals surface area contributed by atoms with Crippen LogP contribution in [-0.2, 0) is 6.54 Å². The highest BCUT2D eigenvalue weighted by Crippen LogP contribution is 2.16. The number of aromatic nitrogens is 3. The summed E-state index contributed by atoms with van der Waals surface area (Å²) in [5.74, 6) is -0.860. The van der Waals surface area contributed by atoms with Crippen molar-refractivity contribution in [3.8, 4) is 0 Å². The summed E-state index contributed by atoms with van der Waals surface area (Å²) in [4.78, 5) is 12.2. The maximum Gasteiger partial charge on any atom is 0.215 e. The van der Waals surface area contributed by atoms with Gasteiger partial charge in [0.05, 0.1) is 11.8 Å². The highest BCUT2D eigenvalue weighted by Gasteiger charge is 2.19. The summed E-state index contributed by atoms with van der Waals surface area (Å²) in [5.41, 5.74) is 0.839. The molecule has 1 heterocycles. The van der Waals surface area contributed by atoms with Gasteiger partial charge in [-0.1, -0.05) is 24.3 Å². The largest absolute Gasteiger partial charge is 0.287 e. The molecule has 0 N–H and O–H groups in total. The maximum atomic E-state index is 13.9. The summed E-state index contributed by atoms with van der Waals surface area (Å²) in [6.07, 6.45) is 2.21. The smallest absolute Gasteiger partial charge is 0.215 e. The third kappa shape index (κ3) is 2.16. The van der Waals surface area contributed by atoms with E-state index in [4.69, 9.17) is 0 Å². The first-order valence-corrected chi connectivity index (χ1v) is 5.83. The van der Waals surface area contributed by atoms with Crippen LogP contribution in [0.4, 0.5) is 4.39 Å². The van der Waals surface area contributed by atoms with Crippen molar-refractivity contribution in [2.24, 2.45) is 0 Å². The van der Waals surface area contributed by atoms with Crippen LogP contribution in [0.2, 0.25) is 0 Å². The molecular weight excluding hydrogens is 233 g/mol. The molecule has 0 aliphatic rings. The standard InChI is InChI=1S/C13H14FN3O/c1-3-7-17-11(8-15-16-17)13(18)10-6-4-5-9(2)12(10)14/h4-6,8H,3,7H2,1-2H3. The van der Waals surface area contributed by atoms with E-state index in [0.29, 0.717) is 17.8 Å². The molecule has 18 heavy (non-hydrogen) atoms. The number of rotatable bonds is 4. The normalized spacial score (nSPS) is 10.6. The van der Waals surface area contributed by atoms with Crippen molar-refractivity contribution in [2.75, 3.05) is 0 Å². The zero-order chi connectivity index (χ0) is 13.1. The minimum absolute atomic E-state index is 0.0645. The number of aryl methyl sites for hydroxylation is 2. The number of hydrogen-bond acceptors (Lipinski definition) is 3. The fourth-order valence-electron chi connectivity index (χ4n) is 1.77. The first-order valence-electron chi connectivity index (χ1n) is 5.83. The lowest BCUT2D eigenvalue weighted by molar-refractivity contribution is 0.102. The average Bonchev–Trinajstić information content (AvgIpc) is 2.80. The second kappa shape index (κ2) is 5.08. The fourth-order valence-corrected chi connectivity index (χ4v) is 1.77. The van der Waals surface area contributed by atoms with E-state index in [9.17, 15) is 9.18 Å². The summed E-state index contributed by atoms with van der Waals surface area (Å²) >= 11 is 0. The van der Waals surface area contributed by atoms with Gasteiger partial charge in [-0.3, -0.25) is 4.79 Å². The molecule has 0 atom stereocenters. The van der Waals surface area contributed by atoms with Crippen LogP contribution in [0.1, 0.15) is 35.0 Å². The summed E-state index contributed by atoms with van der Waals surface area (Å²) in [5, 5.41) is 7.54. The van der Waals surface area contributed by atoms with Gasteiger partial charge in [0.1, 0.15) is 11.5 Å². The highest BCUT2D eigenvalue weighted by atomic mass is 19.1. The van der Waals surface area contributed by atoms with Crippen LogP contribution in [0.25, 0.3) is 0 Å². The molecule has 0 saturated carbocycles. The van der Waals surface area contributed by atoms with Gasteiger partial charge in [0.2, 0.25) is 5.78 Å². The molecule has 0 aliphatic carbocycles. The molecule has 1 aromatic carbocycles. The van der Waals surface area contributed by atoms with Gasteiger partial charge in [0, 0.05) is 6.54 Å². The Morgan fingerprint density at radius 1 is 1.44 bits per heavy atom. The van der Waals surface area contributed by atoms with Crippen LogP contribution < -0.4 is 0 Å². The quantitative estimate of drug-likeness (QED) is 0.779.